The van der Waals surface area contributed by atoms with Crippen LogP contribution in [0.5, 0.6) is 0 Å². The molecule has 11 heterocycles. The Bertz CT molecular complexity index is 4130. The molecule has 11 rings (SSSR count). The van der Waals surface area contributed by atoms with Gasteiger partial charge in [-0.3, -0.25) is 14.4 Å². The van der Waals surface area contributed by atoms with Crippen LogP contribution in [0.15, 0.2) is 74.0 Å². The first-order chi connectivity index (χ1) is 41.4. The van der Waals surface area contributed by atoms with Crippen LogP contribution >= 0.6 is 34.8 Å². The first-order valence-corrected chi connectivity index (χ1v) is 28.0. The highest BCUT2D eigenvalue weighted by atomic mass is 35.5. The summed E-state index contributed by atoms with van der Waals surface area (Å²) in [6.07, 6.45) is 11.1. The number of H-pyrrole nitrogens is 3. The molecular weight excluding hydrogens is 1210 g/mol. The zero-order valence-corrected chi connectivity index (χ0v) is 49.3. The molecule has 31 heteroatoms. The number of carbonyl (C=O) groups excluding carboxylic acids is 3. The molecule has 0 aromatic carbocycles. The molecule has 3 amide bonds. The van der Waals surface area contributed by atoms with Crippen LogP contribution in [-0.4, -0.2) is 140 Å². The van der Waals surface area contributed by atoms with Crippen molar-refractivity contribution in [3.8, 4) is 40.2 Å². The molecular formula is C56H66Cl3F6N19O3. The number of aromatic nitrogens is 12. The number of hydrogen-bond acceptors (Lipinski definition) is 16. The van der Waals surface area contributed by atoms with Crippen molar-refractivity contribution in [1.82, 2.24) is 75.8 Å². The largest absolute Gasteiger partial charge is 0.405 e. The molecule has 87 heavy (non-hydrogen) atoms. The number of nitriles is 1. The molecule has 0 radical (unpaired) electrons. The number of aromatic amines is 3. The van der Waals surface area contributed by atoms with E-state index >= 15 is 0 Å². The number of carbonyl (C=O) groups is 3. The van der Waals surface area contributed by atoms with Crippen LogP contribution in [0, 0.1) is 23.0 Å². The highest BCUT2D eigenvalue weighted by Gasteiger charge is 2.46. The number of halogens is 9. The van der Waals surface area contributed by atoms with Gasteiger partial charge in [-0.15, -0.1) is 0 Å². The predicted octanol–water partition coefficient (Wildman–Crippen LogP) is 11.5. The normalized spacial score (nSPS) is 16.7. The van der Waals surface area contributed by atoms with Gasteiger partial charge in [0.1, 0.15) is 64.2 Å². The van der Waals surface area contributed by atoms with Gasteiger partial charge in [-0.1, -0.05) is 34.8 Å². The number of pyridine rings is 3. The zero-order valence-electron chi connectivity index (χ0n) is 47.0. The summed E-state index contributed by atoms with van der Waals surface area (Å²) in [4.78, 5) is 88.1. The molecule has 0 unspecified atom stereocenters. The summed E-state index contributed by atoms with van der Waals surface area (Å²) >= 11 is 18.1. The Hall–Kier alpha value is -8.94. The number of nitrogens with zero attached hydrogens (tertiary/aromatic N) is 12. The summed E-state index contributed by atoms with van der Waals surface area (Å²) < 4.78 is 79.1. The van der Waals surface area contributed by atoms with Gasteiger partial charge in [0.15, 0.2) is 40.7 Å². The van der Waals surface area contributed by atoms with Crippen LogP contribution in [0.4, 0.5) is 43.8 Å². The van der Waals surface area contributed by atoms with Crippen molar-refractivity contribution in [2.45, 2.75) is 83.1 Å². The van der Waals surface area contributed by atoms with Crippen molar-refractivity contribution in [2.24, 2.45) is 0 Å². The predicted molar refractivity (Wildman–Crippen MR) is 328 cm³/mol. The standard InChI is InChI=1S/C19H19ClF2N6O.C19H20ClFN6O.C18H15ClF3N7O.6H2/c1-19(18(29)23-5-4-21)3-2-6-28(19)17-14(22)10-26-16(27-17)13-9-25-15-12(13)7-11(20)8-24-15;1-3-22-18(28)19(2)5-4-6-27(19)17-14(21)10-25-16(26-17)13-9-24-15-12(13)7-11(20)8-23-15;1-17(2,16(30)27-8-18(20,21)22)29-13-9(4-23)5-24-15(28-13)12-7-26-14-11(12)3-10(19)6-25-14;;;;;;/h7-10H,2-6H2,1H3,(H,23,29)(H,24,25);7-10H,3-6H2,1-2H3,(H,22,28)(H,23,24);3,5-7H,8H2,1-2H3,(H,25,26)(H,27,30)(H,24,28,29);6*1H/t2*19-;;;;;;;/m11......./s1. The maximum absolute atomic E-state index is 14.7. The Balaban J connectivity index is 0.000000353. The number of fused-ring (bicyclic) bond motifs is 3. The fourth-order valence-corrected chi connectivity index (χ4v) is 10.5. The Morgan fingerprint density at radius 3 is 1.51 bits per heavy atom. The average molecular weight is 1270 g/mol. The van der Waals surface area contributed by atoms with Crippen LogP contribution in [0.1, 0.15) is 74.4 Å². The number of hydrogen-bond donors (Lipinski definition) is 7. The van der Waals surface area contributed by atoms with E-state index in [4.69, 9.17) is 34.8 Å². The highest BCUT2D eigenvalue weighted by molar-refractivity contribution is 6.32. The summed E-state index contributed by atoms with van der Waals surface area (Å²) in [7, 11) is 0. The van der Waals surface area contributed by atoms with Crippen LogP contribution < -0.4 is 31.1 Å². The molecule has 0 saturated carbocycles. The van der Waals surface area contributed by atoms with Crippen LogP contribution in [0.2, 0.25) is 15.1 Å². The van der Waals surface area contributed by atoms with Gasteiger partial charge < -0.3 is 46.0 Å². The summed E-state index contributed by atoms with van der Waals surface area (Å²) in [6.45, 7) is 7.44. The lowest BCUT2D eigenvalue weighted by atomic mass is 9.97. The van der Waals surface area contributed by atoms with Gasteiger partial charge in [-0.25, -0.2) is 58.0 Å². The van der Waals surface area contributed by atoms with E-state index in [-0.39, 0.29) is 61.6 Å². The lowest BCUT2D eigenvalue weighted by molar-refractivity contribution is -0.140. The van der Waals surface area contributed by atoms with Crippen LogP contribution in [0.25, 0.3) is 67.3 Å². The van der Waals surface area contributed by atoms with Crippen molar-refractivity contribution in [1.29, 1.82) is 5.26 Å². The molecule has 2 saturated heterocycles. The van der Waals surface area contributed by atoms with E-state index in [1.165, 1.54) is 32.4 Å². The fourth-order valence-electron chi connectivity index (χ4n) is 10.1. The smallest absolute Gasteiger partial charge is 0.355 e. The molecule has 0 spiro atoms. The minimum Gasteiger partial charge on any atom is -0.355 e. The molecule has 7 N–H and O–H groups in total. The molecule has 2 fully saturated rings. The van der Waals surface area contributed by atoms with Crippen molar-refractivity contribution in [2.75, 3.05) is 54.5 Å². The van der Waals surface area contributed by atoms with E-state index in [1.54, 1.807) is 59.7 Å². The number of nitrogens with one attached hydrogen (secondary N) is 7. The van der Waals surface area contributed by atoms with E-state index in [9.17, 15) is 46.0 Å². The molecule has 9 aromatic heterocycles. The lowest BCUT2D eigenvalue weighted by Gasteiger charge is -2.34. The second kappa shape index (κ2) is 25.6. The minimum absolute atomic E-state index is 0. The summed E-state index contributed by atoms with van der Waals surface area (Å²) in [5.74, 6) is -1.58. The molecule has 2 aliphatic heterocycles. The first-order valence-electron chi connectivity index (χ1n) is 26.9. The summed E-state index contributed by atoms with van der Waals surface area (Å²) in [6, 6.07) is 7.05. The third-order valence-corrected chi connectivity index (χ3v) is 15.1. The monoisotopic (exact) mass is 1270 g/mol. The summed E-state index contributed by atoms with van der Waals surface area (Å²) in [5.41, 5.74) is 0.289. The molecule has 22 nitrogen and oxygen atoms in total. The van der Waals surface area contributed by atoms with Crippen molar-refractivity contribution >= 4 is 103 Å². The topological polar surface area (TPSA) is 293 Å². The van der Waals surface area contributed by atoms with Gasteiger partial charge in [-0.2, -0.15) is 18.4 Å². The molecule has 466 valence electrons. The summed E-state index contributed by atoms with van der Waals surface area (Å²) in [5, 5.41) is 22.7. The van der Waals surface area contributed by atoms with Gasteiger partial charge in [0.2, 0.25) is 17.7 Å². The third-order valence-electron chi connectivity index (χ3n) is 14.5. The average Bonchev–Trinajstić information content (AvgIpc) is 1.71. The van der Waals surface area contributed by atoms with Gasteiger partial charge in [0.25, 0.3) is 0 Å². The first kappa shape index (κ1) is 62.6. The van der Waals surface area contributed by atoms with Crippen molar-refractivity contribution < 1.29 is 49.3 Å². The van der Waals surface area contributed by atoms with E-state index in [0.29, 0.717) is 104 Å². The van der Waals surface area contributed by atoms with Crippen LogP contribution in [-0.2, 0) is 14.4 Å². The van der Waals surface area contributed by atoms with Gasteiger partial charge in [-0.05, 0) is 78.5 Å². The number of anilines is 3. The van der Waals surface area contributed by atoms with Crippen molar-refractivity contribution in [3.63, 3.8) is 0 Å². The maximum atomic E-state index is 14.7. The Morgan fingerprint density at radius 2 is 1.09 bits per heavy atom. The van der Waals surface area contributed by atoms with Crippen LogP contribution in [0.3, 0.4) is 0 Å². The van der Waals surface area contributed by atoms with Crippen molar-refractivity contribution in [3.05, 3.63) is 106 Å². The number of alkyl halides is 4. The Labute approximate surface area is 515 Å². The third kappa shape index (κ3) is 13.4. The molecule has 0 bridgehead atoms. The van der Waals surface area contributed by atoms with Gasteiger partial charge in [0, 0.05) is 105 Å². The van der Waals surface area contributed by atoms with E-state index < -0.39 is 53.6 Å². The SMILES string of the molecule is CC(C)(Nc1nc(-c2c[nH]c3ncc(Cl)cc23)ncc1C#N)C(=O)NCC(F)(F)F.CCNC(=O)[C@@]1(C)CCCN1c1nc(-c2c[nH]c3ncc(Cl)cc23)ncc1F.C[C@]1(C(=O)NCCF)CCCN1c1nc(-c2c[nH]c3ncc(Cl)cc23)ncc1F.[HH].[HH].[HH].[HH].[HH].[HH]. The maximum Gasteiger partial charge on any atom is 0.405 e. The molecule has 0 aliphatic carbocycles. The minimum atomic E-state index is -4.55. The molecule has 9 aromatic rings. The van der Waals surface area contributed by atoms with E-state index in [1.807, 2.05) is 25.2 Å². The van der Waals surface area contributed by atoms with Gasteiger partial charge >= 0.3 is 6.18 Å². The Kier molecular flexibility index (Phi) is 18.4. The number of likely N-dealkylation sites (N-methyl/N-ethyl adjacent to an activating group) is 1. The number of rotatable bonds is 14. The molecule has 2 aliphatic rings. The zero-order chi connectivity index (χ0) is 62.6. The second-order valence-electron chi connectivity index (χ2n) is 21.0. The van der Waals surface area contributed by atoms with Gasteiger partial charge in [0.05, 0.1) is 33.7 Å². The highest BCUT2D eigenvalue weighted by Crippen LogP contribution is 2.39. The fraction of sp³-hybridized carbons (Fsp3) is 0.339. The molecule has 2 atom stereocenters. The Morgan fingerprint density at radius 1 is 0.667 bits per heavy atom. The van der Waals surface area contributed by atoms with E-state index in [2.05, 4.69) is 75.8 Å². The number of amides is 3. The quantitative estimate of drug-likeness (QED) is 0.0498. The lowest BCUT2D eigenvalue weighted by Crippen LogP contribution is -2.54. The van der Waals surface area contributed by atoms with E-state index in [0.717, 1.165) is 24.2 Å². The second-order valence-corrected chi connectivity index (χ2v) is 22.3.